The lowest BCUT2D eigenvalue weighted by Crippen LogP contribution is -2.13. The fourth-order valence-corrected chi connectivity index (χ4v) is 3.59. The van der Waals surface area contributed by atoms with Gasteiger partial charge in [0.2, 0.25) is 5.13 Å². The van der Waals surface area contributed by atoms with Gasteiger partial charge in [0, 0.05) is 10.9 Å². The Labute approximate surface area is 169 Å². The molecular formula is C22H16F3N3S. The van der Waals surface area contributed by atoms with Crippen LogP contribution in [0, 0.1) is 6.92 Å². The lowest BCUT2D eigenvalue weighted by atomic mass is 10.1. The Hall–Kier alpha value is -3.19. The molecule has 0 aliphatic carbocycles. The van der Waals surface area contributed by atoms with Crippen molar-refractivity contribution in [2.45, 2.75) is 13.1 Å². The van der Waals surface area contributed by atoms with Gasteiger partial charge in [-0.15, -0.1) is 11.3 Å². The third-order valence-electron chi connectivity index (χ3n) is 4.29. The Kier molecular flexibility index (Phi) is 5.07. The molecule has 29 heavy (non-hydrogen) atoms. The first kappa shape index (κ1) is 19.1. The van der Waals surface area contributed by atoms with E-state index in [9.17, 15) is 13.2 Å². The number of alkyl halides is 3. The average Bonchev–Trinajstić information content (AvgIpc) is 3.35. The number of halogens is 3. The summed E-state index contributed by atoms with van der Waals surface area (Å²) in [5, 5.41) is 6.05. The summed E-state index contributed by atoms with van der Waals surface area (Å²) in [6.07, 6.45) is -1.25. The van der Waals surface area contributed by atoms with Crippen molar-refractivity contribution in [3.8, 4) is 16.4 Å². The fourth-order valence-electron chi connectivity index (χ4n) is 2.79. The van der Waals surface area contributed by atoms with Crippen molar-refractivity contribution in [3.63, 3.8) is 0 Å². The highest BCUT2D eigenvalue weighted by Crippen LogP contribution is 2.33. The molecule has 4 aromatic rings. The second-order valence-corrected chi connectivity index (χ2v) is 7.33. The molecule has 0 saturated carbocycles. The van der Waals surface area contributed by atoms with E-state index in [0.29, 0.717) is 5.69 Å². The summed E-state index contributed by atoms with van der Waals surface area (Å²) >= 11 is 1.13. The molecule has 2 aromatic heterocycles. The molecule has 7 heteroatoms. The number of aromatic nitrogens is 3. The molecule has 4 rings (SSSR count). The van der Waals surface area contributed by atoms with Crippen LogP contribution in [0.4, 0.5) is 13.2 Å². The number of nitrogens with zero attached hydrogens (tertiary/aromatic N) is 3. The zero-order chi connectivity index (χ0) is 20.4. The molecule has 3 nitrogen and oxygen atoms in total. The van der Waals surface area contributed by atoms with E-state index in [0.717, 1.165) is 38.8 Å². The van der Waals surface area contributed by atoms with Crippen LogP contribution in [0.5, 0.6) is 0 Å². The van der Waals surface area contributed by atoms with Crippen molar-refractivity contribution >= 4 is 23.5 Å². The normalized spacial score (nSPS) is 12.0. The Morgan fingerprint density at radius 2 is 1.69 bits per heavy atom. The molecule has 0 fully saturated rings. The lowest BCUT2D eigenvalue weighted by Gasteiger charge is -2.07. The zero-order valence-electron chi connectivity index (χ0n) is 15.4. The summed E-state index contributed by atoms with van der Waals surface area (Å²) in [5.41, 5.74) is 2.82. The van der Waals surface area contributed by atoms with Gasteiger partial charge in [-0.2, -0.15) is 18.3 Å². The molecule has 2 aromatic carbocycles. The third-order valence-corrected chi connectivity index (χ3v) is 5.10. The molecule has 2 heterocycles. The van der Waals surface area contributed by atoms with E-state index < -0.39 is 11.9 Å². The zero-order valence-corrected chi connectivity index (χ0v) is 16.2. The van der Waals surface area contributed by atoms with Gasteiger partial charge in [0.15, 0.2) is 5.69 Å². The summed E-state index contributed by atoms with van der Waals surface area (Å²) in [6.45, 7) is 1.97. The molecule has 0 unspecified atom stereocenters. The molecule has 0 amide bonds. The number of benzene rings is 2. The van der Waals surface area contributed by atoms with Crippen LogP contribution in [0.2, 0.25) is 0 Å². The largest absolute Gasteiger partial charge is 0.433 e. The number of thiazole rings is 1. The van der Waals surface area contributed by atoms with E-state index in [1.807, 2.05) is 61.5 Å². The van der Waals surface area contributed by atoms with Gasteiger partial charge in [-0.1, -0.05) is 66.2 Å². The Balaban J connectivity index is 1.70. The summed E-state index contributed by atoms with van der Waals surface area (Å²) in [4.78, 5) is 4.38. The fraction of sp³-hybridized carbons (Fsp3) is 0.0909. The minimum atomic E-state index is -4.54. The highest BCUT2D eigenvalue weighted by atomic mass is 32.1. The first-order valence-electron chi connectivity index (χ1n) is 8.83. The highest BCUT2D eigenvalue weighted by molar-refractivity contribution is 7.12. The van der Waals surface area contributed by atoms with Crippen LogP contribution in [0.1, 0.15) is 22.5 Å². The molecule has 0 saturated heterocycles. The minimum Gasteiger partial charge on any atom is -0.218 e. The summed E-state index contributed by atoms with van der Waals surface area (Å²) in [7, 11) is 0. The molecular weight excluding hydrogens is 395 g/mol. The van der Waals surface area contributed by atoms with Crippen LogP contribution in [-0.2, 0) is 6.18 Å². The van der Waals surface area contributed by atoms with Crippen molar-refractivity contribution in [3.05, 3.63) is 88.6 Å². The highest BCUT2D eigenvalue weighted by Gasteiger charge is 2.36. The second kappa shape index (κ2) is 7.67. The van der Waals surface area contributed by atoms with E-state index in [1.165, 1.54) is 0 Å². The first-order chi connectivity index (χ1) is 13.9. The molecule has 0 bridgehead atoms. The molecule has 0 spiro atoms. The predicted molar refractivity (Wildman–Crippen MR) is 110 cm³/mol. The lowest BCUT2D eigenvalue weighted by molar-refractivity contribution is -0.142. The van der Waals surface area contributed by atoms with E-state index in [1.54, 1.807) is 17.5 Å². The van der Waals surface area contributed by atoms with Crippen molar-refractivity contribution in [2.75, 3.05) is 0 Å². The van der Waals surface area contributed by atoms with Gasteiger partial charge >= 0.3 is 6.18 Å². The van der Waals surface area contributed by atoms with Gasteiger partial charge in [-0.05, 0) is 24.6 Å². The Morgan fingerprint density at radius 1 is 0.966 bits per heavy atom. The Bertz CT molecular complexity index is 1140. The SMILES string of the molecule is Cc1ccc(-c2csc(-n3nc(/C=C/c4ccccc4)cc3C(F)(F)F)n2)cc1. The molecule has 0 N–H and O–H groups in total. The van der Waals surface area contributed by atoms with Crippen LogP contribution >= 0.6 is 11.3 Å². The van der Waals surface area contributed by atoms with Crippen LogP contribution < -0.4 is 0 Å². The molecule has 0 atom stereocenters. The van der Waals surface area contributed by atoms with Crippen LogP contribution in [0.25, 0.3) is 28.5 Å². The molecule has 0 aliphatic rings. The van der Waals surface area contributed by atoms with Gasteiger partial charge in [0.05, 0.1) is 11.4 Å². The molecule has 0 aliphatic heterocycles. The number of hydrogen-bond acceptors (Lipinski definition) is 3. The van der Waals surface area contributed by atoms with Gasteiger partial charge in [-0.3, -0.25) is 0 Å². The third kappa shape index (κ3) is 4.30. The molecule has 146 valence electrons. The number of aryl methyl sites for hydroxylation is 1. The minimum absolute atomic E-state index is 0.173. The quantitative estimate of drug-likeness (QED) is 0.384. The van der Waals surface area contributed by atoms with Crippen LogP contribution in [0.15, 0.2) is 66.0 Å². The Morgan fingerprint density at radius 3 is 2.38 bits per heavy atom. The van der Waals surface area contributed by atoms with E-state index in [4.69, 9.17) is 0 Å². The van der Waals surface area contributed by atoms with Gasteiger partial charge in [0.1, 0.15) is 0 Å². The summed E-state index contributed by atoms with van der Waals surface area (Å²) < 4.78 is 41.6. The van der Waals surface area contributed by atoms with E-state index >= 15 is 0 Å². The van der Waals surface area contributed by atoms with Crippen molar-refractivity contribution in [2.24, 2.45) is 0 Å². The van der Waals surface area contributed by atoms with Crippen LogP contribution in [0.3, 0.4) is 0 Å². The first-order valence-corrected chi connectivity index (χ1v) is 9.71. The average molecular weight is 411 g/mol. The monoisotopic (exact) mass is 411 g/mol. The molecule has 0 radical (unpaired) electrons. The van der Waals surface area contributed by atoms with Crippen molar-refractivity contribution in [1.29, 1.82) is 0 Å². The maximum absolute atomic E-state index is 13.6. The van der Waals surface area contributed by atoms with Crippen molar-refractivity contribution in [1.82, 2.24) is 14.8 Å². The van der Waals surface area contributed by atoms with Crippen LogP contribution in [-0.4, -0.2) is 14.8 Å². The summed E-state index contributed by atoms with van der Waals surface area (Å²) in [5.74, 6) is 0. The maximum atomic E-state index is 13.6. The maximum Gasteiger partial charge on any atom is 0.433 e. The van der Waals surface area contributed by atoms with Crippen molar-refractivity contribution < 1.29 is 13.2 Å². The summed E-state index contributed by atoms with van der Waals surface area (Å²) in [6, 6.07) is 18.1. The van der Waals surface area contributed by atoms with Gasteiger partial charge in [-0.25, -0.2) is 9.67 Å². The number of rotatable bonds is 4. The smallest absolute Gasteiger partial charge is 0.218 e. The van der Waals surface area contributed by atoms with Gasteiger partial charge in [0.25, 0.3) is 0 Å². The van der Waals surface area contributed by atoms with Gasteiger partial charge < -0.3 is 0 Å². The second-order valence-electron chi connectivity index (χ2n) is 6.49. The topological polar surface area (TPSA) is 30.7 Å². The number of hydrogen-bond donors (Lipinski definition) is 0. The van der Waals surface area contributed by atoms with E-state index in [-0.39, 0.29) is 10.8 Å². The predicted octanol–water partition coefficient (Wildman–Crippen LogP) is 6.49. The van der Waals surface area contributed by atoms with E-state index in [2.05, 4.69) is 10.1 Å². The standard InChI is InChI=1S/C22H16F3N3S/c1-15-7-10-17(11-8-15)19-14-29-21(26-19)28-20(22(23,24)25)13-18(27-28)12-9-16-5-3-2-4-6-16/h2-14H,1H3/b12-9+.